The number of halogens is 1. The number of hydrogen-bond acceptors (Lipinski definition) is 5. The Morgan fingerprint density at radius 2 is 1.95 bits per heavy atom. The molecule has 7 heteroatoms. The number of hydrogen-bond donors (Lipinski definition) is 1. The molecule has 1 aromatic carbocycles. The molecule has 1 aromatic heterocycles. The van der Waals surface area contributed by atoms with Gasteiger partial charge in [0, 0.05) is 16.9 Å². The number of nitrogens with one attached hydrogen (secondary N) is 1. The lowest BCUT2D eigenvalue weighted by atomic mass is 10.1. The highest BCUT2D eigenvalue weighted by atomic mass is 79.9. The minimum absolute atomic E-state index is 0.365. The number of pyridine rings is 1. The van der Waals surface area contributed by atoms with E-state index in [-0.39, 0.29) is 5.91 Å². The summed E-state index contributed by atoms with van der Waals surface area (Å²) in [4.78, 5) is 27.0. The van der Waals surface area contributed by atoms with Gasteiger partial charge in [0.2, 0.25) is 0 Å². The lowest BCUT2D eigenvalue weighted by molar-refractivity contribution is 0.0600. The van der Waals surface area contributed by atoms with E-state index in [0.29, 0.717) is 15.6 Å². The van der Waals surface area contributed by atoms with Crippen LogP contribution in [0.3, 0.4) is 0 Å². The Labute approximate surface area is 135 Å². The Kier molecular flexibility index (Phi) is 5.37. The lowest BCUT2D eigenvalue weighted by Gasteiger charge is -2.00. The quantitative estimate of drug-likeness (QED) is 0.515. The molecule has 0 saturated carbocycles. The minimum atomic E-state index is -0.404. The van der Waals surface area contributed by atoms with Crippen molar-refractivity contribution < 1.29 is 14.3 Å². The molecule has 0 spiro atoms. The maximum atomic E-state index is 11.8. The molecule has 0 fully saturated rings. The van der Waals surface area contributed by atoms with Crippen LogP contribution in [0.15, 0.2) is 52.3 Å². The molecular weight excluding hydrogens is 350 g/mol. The fraction of sp³-hybridized carbons (Fsp3) is 0.0667. The van der Waals surface area contributed by atoms with E-state index in [1.54, 1.807) is 36.5 Å². The minimum Gasteiger partial charge on any atom is -0.465 e. The molecule has 0 bridgehead atoms. The zero-order valence-corrected chi connectivity index (χ0v) is 13.2. The van der Waals surface area contributed by atoms with Crippen LogP contribution in [0.2, 0.25) is 0 Å². The molecule has 0 saturated heterocycles. The van der Waals surface area contributed by atoms with Crippen LogP contribution in [0, 0.1) is 0 Å². The van der Waals surface area contributed by atoms with Gasteiger partial charge in [0.1, 0.15) is 0 Å². The van der Waals surface area contributed by atoms with E-state index in [1.165, 1.54) is 19.5 Å². The summed E-state index contributed by atoms with van der Waals surface area (Å²) in [6.07, 6.45) is 4.51. The van der Waals surface area contributed by atoms with Crippen LogP contribution >= 0.6 is 15.9 Å². The van der Waals surface area contributed by atoms with Crippen LogP contribution in [0.1, 0.15) is 26.3 Å². The van der Waals surface area contributed by atoms with E-state index < -0.39 is 5.97 Å². The van der Waals surface area contributed by atoms with E-state index in [1.807, 2.05) is 0 Å². The zero-order valence-electron chi connectivity index (χ0n) is 11.6. The summed E-state index contributed by atoms with van der Waals surface area (Å²) in [7, 11) is 1.32. The second-order valence-electron chi connectivity index (χ2n) is 4.20. The van der Waals surface area contributed by atoms with E-state index in [4.69, 9.17) is 0 Å². The van der Waals surface area contributed by atoms with Gasteiger partial charge in [-0.1, -0.05) is 12.1 Å². The van der Waals surface area contributed by atoms with Gasteiger partial charge in [-0.05, 0) is 39.7 Å². The number of nitrogens with zero attached hydrogens (tertiary/aromatic N) is 2. The maximum Gasteiger partial charge on any atom is 0.337 e. The summed E-state index contributed by atoms with van der Waals surface area (Å²) in [5.41, 5.74) is 3.98. The number of methoxy groups -OCH3 is 1. The van der Waals surface area contributed by atoms with Gasteiger partial charge in [-0.3, -0.25) is 9.78 Å². The third-order valence-corrected chi connectivity index (χ3v) is 3.11. The summed E-state index contributed by atoms with van der Waals surface area (Å²) in [5.74, 6) is -0.768. The number of esters is 1. The first-order valence-corrected chi connectivity index (χ1v) is 7.02. The molecule has 2 rings (SSSR count). The van der Waals surface area contributed by atoms with Gasteiger partial charge in [0.05, 0.1) is 24.5 Å². The molecule has 0 radical (unpaired) electrons. The topological polar surface area (TPSA) is 80.6 Å². The number of hydrazone groups is 1. The van der Waals surface area contributed by atoms with Crippen LogP contribution in [-0.2, 0) is 4.74 Å². The fourth-order valence-electron chi connectivity index (χ4n) is 1.59. The summed E-state index contributed by atoms with van der Waals surface area (Å²) < 4.78 is 5.32. The lowest BCUT2D eigenvalue weighted by Crippen LogP contribution is -2.17. The molecule has 0 atom stereocenters. The fourth-order valence-corrected chi connectivity index (χ4v) is 1.95. The van der Waals surface area contributed by atoms with Crippen molar-refractivity contribution in [2.45, 2.75) is 0 Å². The molecule has 2 aromatic rings. The van der Waals surface area contributed by atoms with E-state index in [2.05, 4.69) is 36.2 Å². The second kappa shape index (κ2) is 7.46. The first-order chi connectivity index (χ1) is 10.6. The molecule has 1 N–H and O–H groups in total. The Morgan fingerprint density at radius 1 is 1.23 bits per heavy atom. The Morgan fingerprint density at radius 3 is 2.59 bits per heavy atom. The van der Waals surface area contributed by atoms with Crippen molar-refractivity contribution in [2.24, 2.45) is 5.10 Å². The van der Waals surface area contributed by atoms with Gasteiger partial charge in [0.25, 0.3) is 5.91 Å². The van der Waals surface area contributed by atoms with Crippen LogP contribution in [0.25, 0.3) is 0 Å². The van der Waals surface area contributed by atoms with Gasteiger partial charge in [-0.15, -0.1) is 0 Å². The number of aromatic nitrogens is 1. The van der Waals surface area contributed by atoms with Crippen molar-refractivity contribution in [3.63, 3.8) is 0 Å². The highest BCUT2D eigenvalue weighted by molar-refractivity contribution is 9.10. The molecule has 0 aliphatic rings. The molecule has 0 aliphatic heterocycles. The summed E-state index contributed by atoms with van der Waals surface area (Å²) in [6.45, 7) is 0. The molecule has 1 heterocycles. The highest BCUT2D eigenvalue weighted by Crippen LogP contribution is 2.09. The van der Waals surface area contributed by atoms with Crippen molar-refractivity contribution >= 4 is 34.0 Å². The zero-order chi connectivity index (χ0) is 15.9. The van der Waals surface area contributed by atoms with Crippen molar-refractivity contribution in [1.82, 2.24) is 10.4 Å². The third-order valence-electron chi connectivity index (χ3n) is 2.68. The van der Waals surface area contributed by atoms with Crippen LogP contribution in [0.4, 0.5) is 0 Å². The van der Waals surface area contributed by atoms with E-state index in [9.17, 15) is 9.59 Å². The van der Waals surface area contributed by atoms with Gasteiger partial charge in [-0.2, -0.15) is 5.10 Å². The average Bonchev–Trinajstić information content (AvgIpc) is 2.54. The largest absolute Gasteiger partial charge is 0.465 e. The normalized spacial score (nSPS) is 10.5. The Hall–Kier alpha value is -2.54. The summed E-state index contributed by atoms with van der Waals surface area (Å²) >= 11 is 3.24. The van der Waals surface area contributed by atoms with E-state index in [0.717, 1.165) is 5.56 Å². The smallest absolute Gasteiger partial charge is 0.337 e. The van der Waals surface area contributed by atoms with Crippen molar-refractivity contribution in [2.75, 3.05) is 7.11 Å². The van der Waals surface area contributed by atoms with Gasteiger partial charge in [-0.25, -0.2) is 10.2 Å². The molecule has 112 valence electrons. The van der Waals surface area contributed by atoms with Gasteiger partial charge in [0.15, 0.2) is 0 Å². The first kappa shape index (κ1) is 15.8. The SMILES string of the molecule is COC(=O)c1ccc(/C=N\NC(=O)c2cncc(Br)c2)cc1. The molecule has 22 heavy (non-hydrogen) atoms. The molecule has 0 aliphatic carbocycles. The number of amides is 1. The molecule has 1 amide bonds. The van der Waals surface area contributed by atoms with Gasteiger partial charge < -0.3 is 4.74 Å². The van der Waals surface area contributed by atoms with Crippen LogP contribution in [-0.4, -0.2) is 30.2 Å². The Bertz CT molecular complexity index is 714. The first-order valence-electron chi connectivity index (χ1n) is 6.22. The molecular formula is C15H12BrN3O3. The highest BCUT2D eigenvalue weighted by Gasteiger charge is 2.05. The molecule has 0 unspecified atom stereocenters. The van der Waals surface area contributed by atoms with Gasteiger partial charge >= 0.3 is 5.97 Å². The molecule has 6 nitrogen and oxygen atoms in total. The van der Waals surface area contributed by atoms with E-state index >= 15 is 0 Å². The predicted octanol–water partition coefficient (Wildman–Crippen LogP) is 2.39. The average molecular weight is 362 g/mol. The second-order valence-corrected chi connectivity index (χ2v) is 5.12. The monoisotopic (exact) mass is 361 g/mol. The van der Waals surface area contributed by atoms with Crippen molar-refractivity contribution in [1.29, 1.82) is 0 Å². The summed E-state index contributed by atoms with van der Waals surface area (Å²) in [5, 5.41) is 3.86. The number of rotatable bonds is 4. The number of carbonyl (C=O) groups excluding carboxylic acids is 2. The van der Waals surface area contributed by atoms with Crippen molar-refractivity contribution in [3.05, 3.63) is 63.9 Å². The standard InChI is InChI=1S/C15H12BrN3O3/c1-22-15(21)11-4-2-10(3-5-11)7-18-19-14(20)12-6-13(16)9-17-8-12/h2-9H,1H3,(H,19,20)/b18-7-. The third kappa shape index (κ3) is 4.23. The predicted molar refractivity (Wildman–Crippen MR) is 84.8 cm³/mol. The Balaban J connectivity index is 1.97. The maximum absolute atomic E-state index is 11.8. The number of carbonyl (C=O) groups is 2. The van der Waals surface area contributed by atoms with Crippen LogP contribution < -0.4 is 5.43 Å². The number of benzene rings is 1. The summed E-state index contributed by atoms with van der Waals surface area (Å²) in [6, 6.07) is 8.27. The van der Waals surface area contributed by atoms with Crippen LogP contribution in [0.5, 0.6) is 0 Å². The van der Waals surface area contributed by atoms with Crippen molar-refractivity contribution in [3.8, 4) is 0 Å². The number of ether oxygens (including phenoxy) is 1.